The number of aromatic nitrogens is 1. The number of halogens is 1. The van der Waals surface area contributed by atoms with Crippen LogP contribution >= 0.6 is 23.4 Å². The highest BCUT2D eigenvalue weighted by molar-refractivity contribution is 8.27. The first-order valence-corrected chi connectivity index (χ1v) is 10.4. The Morgan fingerprint density at radius 1 is 1.24 bits per heavy atom. The van der Waals surface area contributed by atoms with Crippen molar-refractivity contribution in [3.8, 4) is 5.69 Å². The van der Waals surface area contributed by atoms with Crippen molar-refractivity contribution in [3.63, 3.8) is 0 Å². The third-order valence-corrected chi connectivity index (χ3v) is 6.24. The summed E-state index contributed by atoms with van der Waals surface area (Å²) in [6, 6.07) is 9.61. The normalized spacial score (nSPS) is 17.9. The molecule has 0 fully saturated rings. The Kier molecular flexibility index (Phi) is 4.96. The summed E-state index contributed by atoms with van der Waals surface area (Å²) in [4.78, 5) is 16.8. The average molecular weight is 426 g/mol. The summed E-state index contributed by atoms with van der Waals surface area (Å²) in [5.41, 5.74) is 4.00. The van der Waals surface area contributed by atoms with Gasteiger partial charge in [-0.1, -0.05) is 31.5 Å². The number of amidine groups is 2. The molecule has 0 spiro atoms. The number of aryl methyl sites for hydroxylation is 1. The van der Waals surface area contributed by atoms with Crippen molar-refractivity contribution in [2.75, 3.05) is 0 Å². The number of hydrogen-bond acceptors (Lipinski definition) is 4. The molecule has 6 nitrogen and oxygen atoms in total. The maximum atomic E-state index is 12.6. The van der Waals surface area contributed by atoms with Gasteiger partial charge in [-0.05, 0) is 61.5 Å². The molecule has 4 rings (SSSR count). The smallest absolute Gasteiger partial charge is 0.283 e. The number of amides is 1. The fourth-order valence-corrected chi connectivity index (χ4v) is 4.42. The van der Waals surface area contributed by atoms with Crippen LogP contribution in [-0.4, -0.2) is 31.5 Å². The van der Waals surface area contributed by atoms with E-state index in [4.69, 9.17) is 17.0 Å². The largest absolute Gasteiger partial charge is 0.318 e. The lowest BCUT2D eigenvalue weighted by atomic mass is 10.1. The minimum absolute atomic E-state index is 0.0516. The van der Waals surface area contributed by atoms with Gasteiger partial charge in [0.25, 0.3) is 5.91 Å². The van der Waals surface area contributed by atoms with Crippen LogP contribution in [0, 0.1) is 25.2 Å². The van der Waals surface area contributed by atoms with E-state index >= 15 is 0 Å². The van der Waals surface area contributed by atoms with Crippen LogP contribution in [0.15, 0.2) is 46.0 Å². The number of hydrogen-bond donors (Lipinski definition) is 1. The van der Waals surface area contributed by atoms with Gasteiger partial charge in [-0.15, -0.1) is 0 Å². The Bertz CT molecular complexity index is 1140. The number of nitrogens with zero attached hydrogens (tertiary/aromatic N) is 4. The van der Waals surface area contributed by atoms with Gasteiger partial charge in [0.05, 0.1) is 5.57 Å². The second-order valence-electron chi connectivity index (χ2n) is 7.25. The Balaban J connectivity index is 1.75. The number of thioether (sulfide) groups is 1. The highest BCUT2D eigenvalue weighted by Gasteiger charge is 2.36. The van der Waals surface area contributed by atoms with E-state index in [9.17, 15) is 4.79 Å². The van der Waals surface area contributed by atoms with Crippen LogP contribution in [0.4, 0.5) is 0 Å². The van der Waals surface area contributed by atoms with Crippen LogP contribution in [0.5, 0.6) is 0 Å². The average Bonchev–Trinajstić information content (AvgIpc) is 3.20. The number of fused-ring (bicyclic) bond motifs is 1. The monoisotopic (exact) mass is 425 g/mol. The van der Waals surface area contributed by atoms with E-state index in [1.54, 1.807) is 6.08 Å². The van der Waals surface area contributed by atoms with E-state index in [0.29, 0.717) is 10.2 Å². The number of carbonyl (C=O) groups excluding carboxylic acids is 1. The molecule has 29 heavy (non-hydrogen) atoms. The molecule has 1 aromatic heterocycles. The predicted molar refractivity (Wildman–Crippen MR) is 120 cm³/mol. The summed E-state index contributed by atoms with van der Waals surface area (Å²) in [7, 11) is 0. The van der Waals surface area contributed by atoms with Gasteiger partial charge in [0, 0.05) is 28.0 Å². The quantitative estimate of drug-likeness (QED) is 0.701. The van der Waals surface area contributed by atoms with Gasteiger partial charge in [-0.25, -0.2) is 0 Å². The van der Waals surface area contributed by atoms with Crippen molar-refractivity contribution in [2.24, 2.45) is 16.0 Å². The Labute approximate surface area is 178 Å². The predicted octanol–water partition coefficient (Wildman–Crippen LogP) is 5.02. The van der Waals surface area contributed by atoms with Gasteiger partial charge in [0.1, 0.15) is 5.04 Å². The molecule has 2 aliphatic heterocycles. The SMILES string of the molecule is Cc1cc(C=C2C(=N)N3N=C(C(C)C)SC3=NC2=O)c(C)n1-c1cccc(Cl)c1. The standard InChI is InChI=1S/C21H20ClN5OS/c1-11(2)20-25-27-18(23)17(19(28)24-21(27)29-20)9-14-8-12(3)26(13(14)4)16-7-5-6-15(22)10-16/h5-11,23H,1-4H3. The molecule has 0 atom stereocenters. The number of aliphatic imine (C=N–C) groups is 1. The second-order valence-corrected chi connectivity index (χ2v) is 8.68. The third kappa shape index (κ3) is 3.45. The molecular formula is C21H20ClN5OS. The van der Waals surface area contributed by atoms with Crippen LogP contribution in [0.2, 0.25) is 5.02 Å². The maximum absolute atomic E-state index is 12.6. The molecule has 1 aromatic carbocycles. The zero-order valence-corrected chi connectivity index (χ0v) is 18.1. The van der Waals surface area contributed by atoms with Crippen LogP contribution in [0.3, 0.4) is 0 Å². The summed E-state index contributed by atoms with van der Waals surface area (Å²) in [6.07, 6.45) is 1.72. The summed E-state index contributed by atoms with van der Waals surface area (Å²) >= 11 is 7.50. The molecule has 1 N–H and O–H groups in total. The molecule has 0 saturated heterocycles. The minimum Gasteiger partial charge on any atom is -0.318 e. The van der Waals surface area contributed by atoms with E-state index in [1.165, 1.54) is 16.8 Å². The Hall–Kier alpha value is -2.64. The van der Waals surface area contributed by atoms with Crippen molar-refractivity contribution >= 4 is 51.4 Å². The van der Waals surface area contributed by atoms with E-state index in [2.05, 4.69) is 14.7 Å². The van der Waals surface area contributed by atoms with Gasteiger partial charge >= 0.3 is 0 Å². The highest BCUT2D eigenvalue weighted by atomic mass is 35.5. The fraction of sp³-hybridized carbons (Fsp3) is 0.238. The van der Waals surface area contributed by atoms with Gasteiger partial charge in [0.15, 0.2) is 5.84 Å². The first kappa shape index (κ1) is 19.7. The van der Waals surface area contributed by atoms with E-state index in [1.807, 2.05) is 58.0 Å². The first-order chi connectivity index (χ1) is 13.8. The van der Waals surface area contributed by atoms with Crippen molar-refractivity contribution in [1.29, 1.82) is 5.41 Å². The van der Waals surface area contributed by atoms with Gasteiger partial charge in [-0.3, -0.25) is 10.2 Å². The summed E-state index contributed by atoms with van der Waals surface area (Å²) < 4.78 is 2.07. The maximum Gasteiger partial charge on any atom is 0.283 e. The molecule has 0 bridgehead atoms. The zero-order chi connectivity index (χ0) is 20.9. The Morgan fingerprint density at radius 3 is 2.69 bits per heavy atom. The van der Waals surface area contributed by atoms with Gasteiger partial charge in [-0.2, -0.15) is 15.1 Å². The first-order valence-electron chi connectivity index (χ1n) is 9.21. The van der Waals surface area contributed by atoms with Crippen LogP contribution in [0.25, 0.3) is 11.8 Å². The van der Waals surface area contributed by atoms with E-state index in [-0.39, 0.29) is 17.3 Å². The lowest BCUT2D eigenvalue weighted by molar-refractivity contribution is -0.114. The molecule has 0 saturated carbocycles. The molecule has 1 amide bonds. The molecule has 0 radical (unpaired) electrons. The number of rotatable bonds is 3. The van der Waals surface area contributed by atoms with Crippen LogP contribution in [-0.2, 0) is 4.79 Å². The number of nitrogens with one attached hydrogen (secondary N) is 1. The third-order valence-electron chi connectivity index (χ3n) is 4.80. The molecule has 8 heteroatoms. The van der Waals surface area contributed by atoms with Crippen molar-refractivity contribution in [1.82, 2.24) is 9.58 Å². The van der Waals surface area contributed by atoms with Crippen molar-refractivity contribution < 1.29 is 4.79 Å². The van der Waals surface area contributed by atoms with Crippen LogP contribution < -0.4 is 0 Å². The van der Waals surface area contributed by atoms with E-state index in [0.717, 1.165) is 27.7 Å². The molecule has 148 valence electrons. The number of hydrazone groups is 1. The van der Waals surface area contributed by atoms with Crippen LogP contribution in [0.1, 0.15) is 30.8 Å². The number of benzene rings is 1. The summed E-state index contributed by atoms with van der Waals surface area (Å²) in [5, 5.41) is 16.4. The molecule has 3 heterocycles. The molecule has 2 aliphatic rings. The molecule has 0 unspecified atom stereocenters. The molecule has 2 aromatic rings. The second kappa shape index (κ2) is 7.31. The van der Waals surface area contributed by atoms with Gasteiger partial charge < -0.3 is 4.57 Å². The Morgan fingerprint density at radius 2 is 2.00 bits per heavy atom. The van der Waals surface area contributed by atoms with Crippen molar-refractivity contribution in [2.45, 2.75) is 27.7 Å². The molecular weight excluding hydrogens is 406 g/mol. The zero-order valence-electron chi connectivity index (χ0n) is 16.5. The lowest BCUT2D eigenvalue weighted by Crippen LogP contribution is -2.35. The highest BCUT2D eigenvalue weighted by Crippen LogP contribution is 2.31. The summed E-state index contributed by atoms with van der Waals surface area (Å²) in [6.45, 7) is 8.03. The van der Waals surface area contributed by atoms with E-state index < -0.39 is 5.91 Å². The topological polar surface area (TPSA) is 73.8 Å². The van der Waals surface area contributed by atoms with Crippen molar-refractivity contribution in [3.05, 3.63) is 57.9 Å². The minimum atomic E-state index is -0.415. The number of carbonyl (C=O) groups is 1. The fourth-order valence-electron chi connectivity index (χ4n) is 3.34. The lowest BCUT2D eigenvalue weighted by Gasteiger charge is -2.20. The summed E-state index contributed by atoms with van der Waals surface area (Å²) in [5.74, 6) is -0.155. The van der Waals surface area contributed by atoms with Gasteiger partial charge in [0.2, 0.25) is 5.17 Å². The molecule has 0 aliphatic carbocycles.